The first-order valence-corrected chi connectivity index (χ1v) is 7.53. The molecule has 2 rings (SSSR count). The minimum absolute atomic E-state index is 0.153. The zero-order valence-electron chi connectivity index (χ0n) is 13.4. The second-order valence-electron chi connectivity index (χ2n) is 5.48. The second-order valence-corrected chi connectivity index (χ2v) is 5.48. The van der Waals surface area contributed by atoms with Crippen molar-refractivity contribution >= 4 is 11.7 Å². The van der Waals surface area contributed by atoms with Crippen LogP contribution in [0.2, 0.25) is 0 Å². The fourth-order valence-corrected chi connectivity index (χ4v) is 2.33. The lowest BCUT2D eigenvalue weighted by atomic mass is 10.1. The van der Waals surface area contributed by atoms with E-state index >= 15 is 0 Å². The fourth-order valence-electron chi connectivity index (χ4n) is 2.33. The number of carbonyl (C=O) groups excluding carboxylic acids is 1. The van der Waals surface area contributed by atoms with E-state index in [1.54, 1.807) is 6.92 Å². The van der Waals surface area contributed by atoms with Gasteiger partial charge in [-0.1, -0.05) is 25.5 Å². The third-order valence-electron chi connectivity index (χ3n) is 3.46. The number of hydrogen-bond acceptors (Lipinski definition) is 3. The summed E-state index contributed by atoms with van der Waals surface area (Å²) >= 11 is 0. The van der Waals surface area contributed by atoms with Crippen molar-refractivity contribution in [3.8, 4) is 5.69 Å². The minimum Gasteiger partial charge on any atom is -0.320 e. The first kappa shape index (κ1) is 18.0. The van der Waals surface area contributed by atoms with Crippen molar-refractivity contribution in [1.82, 2.24) is 9.78 Å². The first-order chi connectivity index (χ1) is 11.2. The van der Waals surface area contributed by atoms with Gasteiger partial charge < -0.3 is 11.1 Å². The standard InChI is InChI=1S/C16H19F3N4O/c1-3-6-12(20)15(24)21-14-9-10(2)22-23(14)13-8-5-4-7-11(13)16(17,18)19/h4-5,7-9,12H,3,6,20H2,1-2H3,(H,21,24). The Kier molecular flexibility index (Phi) is 5.28. The van der Waals surface area contributed by atoms with Crippen LogP contribution in [-0.2, 0) is 11.0 Å². The topological polar surface area (TPSA) is 72.9 Å². The minimum atomic E-state index is -4.53. The molecule has 2 aromatic rings. The number of para-hydroxylation sites is 1. The summed E-state index contributed by atoms with van der Waals surface area (Å²) in [5.41, 5.74) is 5.24. The third kappa shape index (κ3) is 3.94. The van der Waals surface area contributed by atoms with E-state index in [-0.39, 0.29) is 11.5 Å². The van der Waals surface area contributed by atoms with Crippen LogP contribution in [0.3, 0.4) is 0 Å². The third-order valence-corrected chi connectivity index (χ3v) is 3.46. The number of hydrogen-bond donors (Lipinski definition) is 2. The van der Waals surface area contributed by atoms with E-state index in [9.17, 15) is 18.0 Å². The molecule has 0 bridgehead atoms. The molecule has 1 heterocycles. The van der Waals surface area contributed by atoms with E-state index < -0.39 is 23.7 Å². The number of anilines is 1. The molecule has 0 spiro atoms. The molecule has 0 aliphatic carbocycles. The van der Waals surface area contributed by atoms with Gasteiger partial charge in [-0.2, -0.15) is 18.3 Å². The normalized spacial score (nSPS) is 12.9. The number of nitrogens with zero attached hydrogens (tertiary/aromatic N) is 2. The van der Waals surface area contributed by atoms with Gasteiger partial charge in [0.15, 0.2) is 0 Å². The van der Waals surface area contributed by atoms with Gasteiger partial charge in [0.2, 0.25) is 5.91 Å². The van der Waals surface area contributed by atoms with Crippen LogP contribution in [0.25, 0.3) is 5.69 Å². The number of halogens is 3. The van der Waals surface area contributed by atoms with Crippen LogP contribution in [0.15, 0.2) is 30.3 Å². The van der Waals surface area contributed by atoms with Crippen LogP contribution in [-0.4, -0.2) is 21.7 Å². The van der Waals surface area contributed by atoms with E-state index in [1.807, 2.05) is 6.92 Å². The highest BCUT2D eigenvalue weighted by molar-refractivity contribution is 5.94. The maximum Gasteiger partial charge on any atom is 0.418 e. The number of benzene rings is 1. The highest BCUT2D eigenvalue weighted by Crippen LogP contribution is 2.34. The lowest BCUT2D eigenvalue weighted by Gasteiger charge is -2.16. The van der Waals surface area contributed by atoms with E-state index in [1.165, 1.54) is 24.3 Å². The van der Waals surface area contributed by atoms with Crippen LogP contribution in [0.1, 0.15) is 31.0 Å². The maximum absolute atomic E-state index is 13.2. The number of nitrogens with one attached hydrogen (secondary N) is 1. The Bertz CT molecular complexity index is 724. The van der Waals surface area contributed by atoms with E-state index in [4.69, 9.17) is 5.73 Å². The molecule has 1 atom stereocenters. The van der Waals surface area contributed by atoms with Gasteiger partial charge in [-0.15, -0.1) is 0 Å². The molecule has 1 aromatic carbocycles. The van der Waals surface area contributed by atoms with Crippen molar-refractivity contribution in [2.24, 2.45) is 5.73 Å². The molecule has 0 aliphatic rings. The summed E-state index contributed by atoms with van der Waals surface area (Å²) < 4.78 is 40.7. The lowest BCUT2D eigenvalue weighted by Crippen LogP contribution is -2.36. The fraction of sp³-hybridized carbons (Fsp3) is 0.375. The van der Waals surface area contributed by atoms with Crippen LogP contribution >= 0.6 is 0 Å². The van der Waals surface area contributed by atoms with E-state index in [0.717, 1.165) is 17.2 Å². The van der Waals surface area contributed by atoms with Crippen LogP contribution < -0.4 is 11.1 Å². The van der Waals surface area contributed by atoms with Gasteiger partial charge in [0.05, 0.1) is 23.0 Å². The Morgan fingerprint density at radius 2 is 2.04 bits per heavy atom. The summed E-state index contributed by atoms with van der Waals surface area (Å²) in [6.07, 6.45) is -3.32. The average molecular weight is 340 g/mol. The summed E-state index contributed by atoms with van der Waals surface area (Å²) in [6.45, 7) is 3.52. The van der Waals surface area contributed by atoms with Gasteiger partial charge in [0, 0.05) is 6.07 Å². The molecular formula is C16H19F3N4O. The van der Waals surface area contributed by atoms with Crippen molar-refractivity contribution in [1.29, 1.82) is 0 Å². The largest absolute Gasteiger partial charge is 0.418 e. The number of nitrogens with two attached hydrogens (primary N) is 1. The number of aryl methyl sites for hydroxylation is 1. The van der Waals surface area contributed by atoms with Crippen LogP contribution in [0.4, 0.5) is 19.0 Å². The molecule has 3 N–H and O–H groups in total. The van der Waals surface area contributed by atoms with Crippen LogP contribution in [0.5, 0.6) is 0 Å². The van der Waals surface area contributed by atoms with Gasteiger partial charge >= 0.3 is 6.18 Å². The van der Waals surface area contributed by atoms with Crippen molar-refractivity contribution in [2.45, 2.75) is 38.9 Å². The van der Waals surface area contributed by atoms with Crippen molar-refractivity contribution in [3.63, 3.8) is 0 Å². The van der Waals surface area contributed by atoms with E-state index in [0.29, 0.717) is 12.1 Å². The second kappa shape index (κ2) is 7.04. The van der Waals surface area contributed by atoms with Crippen molar-refractivity contribution < 1.29 is 18.0 Å². The molecule has 130 valence electrons. The number of rotatable bonds is 5. The molecule has 8 heteroatoms. The summed E-state index contributed by atoms with van der Waals surface area (Å²) in [6, 6.07) is 5.84. The number of amides is 1. The molecule has 24 heavy (non-hydrogen) atoms. The summed E-state index contributed by atoms with van der Waals surface area (Å²) in [5.74, 6) is -0.303. The zero-order chi connectivity index (χ0) is 17.9. The van der Waals surface area contributed by atoms with Gasteiger partial charge in [-0.3, -0.25) is 4.79 Å². The maximum atomic E-state index is 13.2. The quantitative estimate of drug-likeness (QED) is 0.877. The smallest absolute Gasteiger partial charge is 0.320 e. The van der Waals surface area contributed by atoms with Crippen LogP contribution in [0, 0.1) is 6.92 Å². The Morgan fingerprint density at radius 3 is 2.67 bits per heavy atom. The molecule has 0 fully saturated rings. The zero-order valence-corrected chi connectivity index (χ0v) is 13.4. The van der Waals surface area contributed by atoms with Crippen molar-refractivity contribution in [3.05, 3.63) is 41.6 Å². The number of carbonyl (C=O) groups is 1. The molecule has 1 unspecified atom stereocenters. The molecule has 5 nitrogen and oxygen atoms in total. The Morgan fingerprint density at radius 1 is 1.38 bits per heavy atom. The van der Waals surface area contributed by atoms with Gasteiger partial charge in [-0.25, -0.2) is 4.68 Å². The molecule has 0 aliphatic heterocycles. The highest BCUT2D eigenvalue weighted by atomic mass is 19.4. The average Bonchev–Trinajstić information content (AvgIpc) is 2.87. The molecule has 0 saturated carbocycles. The first-order valence-electron chi connectivity index (χ1n) is 7.53. The summed E-state index contributed by atoms with van der Waals surface area (Å²) in [7, 11) is 0. The molecule has 1 aromatic heterocycles. The molecule has 0 radical (unpaired) electrons. The SMILES string of the molecule is CCCC(N)C(=O)Nc1cc(C)nn1-c1ccccc1C(F)(F)F. The lowest BCUT2D eigenvalue weighted by molar-refractivity contribution is -0.137. The Hall–Kier alpha value is -2.35. The predicted octanol–water partition coefficient (Wildman–Crippen LogP) is 3.27. The molecular weight excluding hydrogens is 321 g/mol. The monoisotopic (exact) mass is 340 g/mol. The Balaban J connectivity index is 2.42. The number of alkyl halides is 3. The highest BCUT2D eigenvalue weighted by Gasteiger charge is 2.34. The molecule has 1 amide bonds. The molecule has 0 saturated heterocycles. The van der Waals surface area contributed by atoms with Gasteiger partial charge in [-0.05, 0) is 25.5 Å². The summed E-state index contributed by atoms with van der Waals surface area (Å²) in [5, 5.41) is 6.64. The predicted molar refractivity (Wildman–Crippen MR) is 84.8 cm³/mol. The van der Waals surface area contributed by atoms with Crippen molar-refractivity contribution in [2.75, 3.05) is 5.32 Å². The van der Waals surface area contributed by atoms with E-state index in [2.05, 4.69) is 10.4 Å². The van der Waals surface area contributed by atoms with Gasteiger partial charge in [0.25, 0.3) is 0 Å². The number of aromatic nitrogens is 2. The Labute approximate surface area is 137 Å². The summed E-state index contributed by atoms with van der Waals surface area (Å²) in [4.78, 5) is 12.1. The van der Waals surface area contributed by atoms with Gasteiger partial charge in [0.1, 0.15) is 5.82 Å².